The minimum Gasteiger partial charge on any atom is -0.396 e. The third-order valence-electron chi connectivity index (χ3n) is 4.78. The number of amides is 1. The zero-order valence-electron chi connectivity index (χ0n) is 15.0. The second kappa shape index (κ2) is 6.79. The van der Waals surface area contributed by atoms with E-state index in [4.69, 9.17) is 5.73 Å². The normalized spacial score (nSPS) is 18.1. The molecule has 8 heteroatoms. The van der Waals surface area contributed by atoms with Gasteiger partial charge in [0.1, 0.15) is 11.4 Å². The van der Waals surface area contributed by atoms with E-state index in [0.717, 1.165) is 18.8 Å². The van der Waals surface area contributed by atoms with Gasteiger partial charge in [0.2, 0.25) is 5.91 Å². The maximum atomic E-state index is 13.0. The Hall–Kier alpha value is -2.48. The lowest BCUT2D eigenvalue weighted by Gasteiger charge is -2.30. The molecule has 2 aromatic rings. The molecule has 3 heterocycles. The first-order valence-electron chi connectivity index (χ1n) is 8.44. The molecular formula is C17H25N7O. The molecule has 0 saturated carbocycles. The van der Waals surface area contributed by atoms with E-state index < -0.39 is 5.54 Å². The molecule has 134 valence electrons. The first-order chi connectivity index (χ1) is 11.9. The van der Waals surface area contributed by atoms with E-state index in [9.17, 15) is 4.79 Å². The van der Waals surface area contributed by atoms with E-state index in [0.29, 0.717) is 24.8 Å². The standard InChI is InChI=1S/C17H25N7O/c1-17(2,24-10-13(18)9-21-24)16(25)23-8-5-14(11-23)22(3)12-15-19-6-4-7-20-15/h4,6-7,9-10,14H,5,8,11-12,18H2,1-3H3. The molecule has 0 spiro atoms. The molecule has 0 aliphatic carbocycles. The van der Waals surface area contributed by atoms with Crippen molar-refractivity contribution in [2.24, 2.45) is 0 Å². The van der Waals surface area contributed by atoms with Gasteiger partial charge in [0.05, 0.1) is 18.4 Å². The third kappa shape index (κ3) is 3.63. The predicted molar refractivity (Wildman–Crippen MR) is 94.4 cm³/mol. The Morgan fingerprint density at radius 3 is 2.76 bits per heavy atom. The van der Waals surface area contributed by atoms with Crippen LogP contribution in [0.25, 0.3) is 0 Å². The molecular weight excluding hydrogens is 318 g/mol. The maximum Gasteiger partial charge on any atom is 0.250 e. The van der Waals surface area contributed by atoms with Crippen LogP contribution >= 0.6 is 0 Å². The topological polar surface area (TPSA) is 93.2 Å². The molecule has 1 saturated heterocycles. The van der Waals surface area contributed by atoms with Crippen molar-refractivity contribution in [2.45, 2.75) is 38.4 Å². The number of hydrogen-bond donors (Lipinski definition) is 1. The minimum absolute atomic E-state index is 0.0578. The fourth-order valence-corrected chi connectivity index (χ4v) is 3.18. The second-order valence-electron chi connectivity index (χ2n) is 7.05. The van der Waals surface area contributed by atoms with Crippen LogP contribution in [0.5, 0.6) is 0 Å². The number of nitrogens with zero attached hydrogens (tertiary/aromatic N) is 6. The Balaban J connectivity index is 1.63. The molecule has 1 aliphatic rings. The van der Waals surface area contributed by atoms with Gasteiger partial charge in [0, 0.05) is 37.7 Å². The molecule has 1 atom stereocenters. The summed E-state index contributed by atoms with van der Waals surface area (Å²) < 4.78 is 1.64. The lowest BCUT2D eigenvalue weighted by molar-refractivity contribution is -0.138. The van der Waals surface area contributed by atoms with Crippen molar-refractivity contribution in [1.82, 2.24) is 29.5 Å². The van der Waals surface area contributed by atoms with Gasteiger partial charge in [0.25, 0.3) is 0 Å². The maximum absolute atomic E-state index is 13.0. The zero-order chi connectivity index (χ0) is 18.0. The summed E-state index contributed by atoms with van der Waals surface area (Å²) in [5.41, 5.74) is 5.54. The SMILES string of the molecule is CN(Cc1ncccn1)C1CCN(C(=O)C(C)(C)n2cc(N)cn2)C1. The van der Waals surface area contributed by atoms with Crippen molar-refractivity contribution in [3.63, 3.8) is 0 Å². The van der Waals surface area contributed by atoms with E-state index in [1.54, 1.807) is 29.5 Å². The van der Waals surface area contributed by atoms with Crippen molar-refractivity contribution in [1.29, 1.82) is 0 Å². The fraction of sp³-hybridized carbons (Fsp3) is 0.529. The number of nitrogen functional groups attached to an aromatic ring is 1. The molecule has 1 amide bonds. The zero-order valence-corrected chi connectivity index (χ0v) is 15.0. The Morgan fingerprint density at radius 2 is 2.12 bits per heavy atom. The number of likely N-dealkylation sites (tertiary alicyclic amines) is 1. The van der Waals surface area contributed by atoms with Crippen molar-refractivity contribution >= 4 is 11.6 Å². The number of rotatable bonds is 5. The molecule has 25 heavy (non-hydrogen) atoms. The van der Waals surface area contributed by atoms with Crippen molar-refractivity contribution in [3.8, 4) is 0 Å². The van der Waals surface area contributed by atoms with Crippen LogP contribution in [0.1, 0.15) is 26.1 Å². The Bertz CT molecular complexity index is 728. The smallest absolute Gasteiger partial charge is 0.250 e. The van der Waals surface area contributed by atoms with Gasteiger partial charge in [0.15, 0.2) is 0 Å². The summed E-state index contributed by atoms with van der Waals surface area (Å²) in [6.07, 6.45) is 7.70. The first-order valence-corrected chi connectivity index (χ1v) is 8.44. The molecule has 8 nitrogen and oxygen atoms in total. The lowest BCUT2D eigenvalue weighted by atomic mass is 10.0. The summed E-state index contributed by atoms with van der Waals surface area (Å²) >= 11 is 0. The van der Waals surface area contributed by atoms with Gasteiger partial charge in [-0.05, 0) is 33.4 Å². The van der Waals surface area contributed by atoms with Gasteiger partial charge in [-0.25, -0.2) is 9.97 Å². The monoisotopic (exact) mass is 343 g/mol. The first kappa shape index (κ1) is 17.3. The van der Waals surface area contributed by atoms with Crippen molar-refractivity contribution < 1.29 is 4.79 Å². The van der Waals surface area contributed by atoms with Crippen LogP contribution in [0.3, 0.4) is 0 Å². The second-order valence-corrected chi connectivity index (χ2v) is 7.05. The lowest BCUT2D eigenvalue weighted by Crippen LogP contribution is -2.47. The molecule has 0 bridgehead atoms. The van der Waals surface area contributed by atoms with Crippen LogP contribution in [0.2, 0.25) is 0 Å². The van der Waals surface area contributed by atoms with Gasteiger partial charge in [-0.2, -0.15) is 5.10 Å². The highest BCUT2D eigenvalue weighted by Gasteiger charge is 2.38. The molecule has 2 N–H and O–H groups in total. The summed E-state index contributed by atoms with van der Waals surface area (Å²) in [4.78, 5) is 25.6. The Morgan fingerprint density at radius 1 is 1.40 bits per heavy atom. The van der Waals surface area contributed by atoms with Gasteiger partial charge in [-0.3, -0.25) is 14.4 Å². The van der Waals surface area contributed by atoms with E-state index in [1.165, 1.54) is 0 Å². The molecule has 0 radical (unpaired) electrons. The van der Waals surface area contributed by atoms with Crippen LogP contribution in [-0.4, -0.2) is 61.6 Å². The molecule has 3 rings (SSSR count). The van der Waals surface area contributed by atoms with Crippen molar-refractivity contribution in [2.75, 3.05) is 25.9 Å². The fourth-order valence-electron chi connectivity index (χ4n) is 3.18. The van der Waals surface area contributed by atoms with Gasteiger partial charge >= 0.3 is 0 Å². The van der Waals surface area contributed by atoms with E-state index >= 15 is 0 Å². The predicted octanol–water partition coefficient (Wildman–Crippen LogP) is 0.723. The summed E-state index contributed by atoms with van der Waals surface area (Å²) in [7, 11) is 2.05. The highest BCUT2D eigenvalue weighted by Crippen LogP contribution is 2.24. The minimum atomic E-state index is -0.756. The number of carbonyl (C=O) groups excluding carboxylic acids is 1. The summed E-state index contributed by atoms with van der Waals surface area (Å²) in [6, 6.07) is 2.11. The average Bonchev–Trinajstić information content (AvgIpc) is 3.24. The van der Waals surface area contributed by atoms with E-state index in [1.807, 2.05) is 31.9 Å². The molecule has 1 aliphatic heterocycles. The third-order valence-corrected chi connectivity index (χ3v) is 4.78. The molecule has 1 fully saturated rings. The van der Waals surface area contributed by atoms with Gasteiger partial charge < -0.3 is 10.6 Å². The van der Waals surface area contributed by atoms with E-state index in [2.05, 4.69) is 20.0 Å². The molecule has 0 aromatic carbocycles. The Labute approximate surface area is 147 Å². The number of anilines is 1. The number of likely N-dealkylation sites (N-methyl/N-ethyl adjacent to an activating group) is 1. The quantitative estimate of drug-likeness (QED) is 0.860. The average molecular weight is 343 g/mol. The summed E-state index contributed by atoms with van der Waals surface area (Å²) in [5, 5.41) is 4.21. The number of nitrogens with two attached hydrogens (primary N) is 1. The summed E-state index contributed by atoms with van der Waals surface area (Å²) in [6.45, 7) is 5.85. The van der Waals surface area contributed by atoms with E-state index in [-0.39, 0.29) is 5.91 Å². The Kier molecular flexibility index (Phi) is 4.71. The highest BCUT2D eigenvalue weighted by molar-refractivity contribution is 5.84. The van der Waals surface area contributed by atoms with Crippen LogP contribution in [-0.2, 0) is 16.9 Å². The van der Waals surface area contributed by atoms with Crippen LogP contribution in [0.4, 0.5) is 5.69 Å². The highest BCUT2D eigenvalue weighted by atomic mass is 16.2. The number of hydrogen-bond acceptors (Lipinski definition) is 6. The van der Waals surface area contributed by atoms with Crippen LogP contribution in [0.15, 0.2) is 30.9 Å². The number of carbonyl (C=O) groups is 1. The van der Waals surface area contributed by atoms with Gasteiger partial charge in [-0.15, -0.1) is 0 Å². The van der Waals surface area contributed by atoms with Crippen LogP contribution < -0.4 is 5.73 Å². The molecule has 1 unspecified atom stereocenters. The summed E-state index contributed by atoms with van der Waals surface area (Å²) in [5.74, 6) is 0.851. The van der Waals surface area contributed by atoms with Crippen LogP contribution in [0, 0.1) is 0 Å². The number of aromatic nitrogens is 4. The molecule has 2 aromatic heterocycles. The van der Waals surface area contributed by atoms with Gasteiger partial charge in [-0.1, -0.05) is 0 Å². The van der Waals surface area contributed by atoms with Crippen molar-refractivity contribution in [3.05, 3.63) is 36.7 Å². The largest absolute Gasteiger partial charge is 0.396 e.